The van der Waals surface area contributed by atoms with Crippen molar-refractivity contribution in [3.05, 3.63) is 35.4 Å². The lowest BCUT2D eigenvalue weighted by Gasteiger charge is -2.39. The van der Waals surface area contributed by atoms with Crippen molar-refractivity contribution in [2.75, 3.05) is 13.2 Å². The highest BCUT2D eigenvalue weighted by Crippen LogP contribution is 2.31. The molecular formula is C15H16N2O4. The summed E-state index contributed by atoms with van der Waals surface area (Å²) in [6.45, 7) is 2.14. The van der Waals surface area contributed by atoms with E-state index in [0.717, 1.165) is 0 Å². The molecule has 1 heterocycles. The molecule has 1 aliphatic rings. The third kappa shape index (κ3) is 3.03. The van der Waals surface area contributed by atoms with E-state index < -0.39 is 18.1 Å². The molecule has 2 unspecified atom stereocenters. The first-order chi connectivity index (χ1) is 10.1. The van der Waals surface area contributed by atoms with E-state index in [9.17, 15) is 14.7 Å². The van der Waals surface area contributed by atoms with Gasteiger partial charge in [0, 0.05) is 6.54 Å². The van der Waals surface area contributed by atoms with Crippen LogP contribution in [-0.2, 0) is 14.3 Å². The number of benzene rings is 1. The highest BCUT2D eigenvalue weighted by molar-refractivity contribution is 5.83. The van der Waals surface area contributed by atoms with Gasteiger partial charge in [0.25, 0.3) is 0 Å². The smallest absolute Gasteiger partial charge is 0.335 e. The van der Waals surface area contributed by atoms with E-state index in [-0.39, 0.29) is 12.5 Å². The summed E-state index contributed by atoms with van der Waals surface area (Å²) in [5.74, 6) is -1.35. The SMILES string of the molecule is CCCN1C(=O)COC(C(=O)O)C1c1cccc(C#N)c1. The van der Waals surface area contributed by atoms with Gasteiger partial charge in [0.05, 0.1) is 17.7 Å². The fraction of sp³-hybridized carbons (Fsp3) is 0.400. The molecule has 6 heteroatoms. The zero-order valence-corrected chi connectivity index (χ0v) is 11.7. The van der Waals surface area contributed by atoms with E-state index in [2.05, 4.69) is 0 Å². The molecule has 1 aromatic rings. The van der Waals surface area contributed by atoms with Gasteiger partial charge in [0.1, 0.15) is 6.61 Å². The molecule has 2 atom stereocenters. The Kier molecular flexibility index (Phi) is 4.55. The molecule has 110 valence electrons. The minimum Gasteiger partial charge on any atom is -0.479 e. The number of aliphatic carboxylic acids is 1. The van der Waals surface area contributed by atoms with Gasteiger partial charge in [-0.15, -0.1) is 0 Å². The van der Waals surface area contributed by atoms with Gasteiger partial charge in [0.2, 0.25) is 5.91 Å². The highest BCUT2D eigenvalue weighted by atomic mass is 16.5. The summed E-state index contributed by atoms with van der Waals surface area (Å²) >= 11 is 0. The molecule has 0 saturated carbocycles. The standard InChI is InChI=1S/C15H16N2O4/c1-2-6-17-12(18)9-21-14(15(19)20)13(17)11-5-3-4-10(7-11)8-16/h3-5,7,13-14H,2,6,9H2,1H3,(H,19,20). The molecule has 0 radical (unpaired) electrons. The van der Waals surface area contributed by atoms with Crippen LogP contribution in [0, 0.1) is 11.3 Å². The molecule has 0 bridgehead atoms. The zero-order valence-electron chi connectivity index (χ0n) is 11.7. The van der Waals surface area contributed by atoms with Crippen LogP contribution >= 0.6 is 0 Å². The first-order valence-electron chi connectivity index (χ1n) is 6.72. The van der Waals surface area contributed by atoms with Gasteiger partial charge >= 0.3 is 5.97 Å². The van der Waals surface area contributed by atoms with Gasteiger partial charge in [-0.1, -0.05) is 19.1 Å². The van der Waals surface area contributed by atoms with E-state index >= 15 is 0 Å². The van der Waals surface area contributed by atoms with Crippen molar-refractivity contribution < 1.29 is 19.4 Å². The Morgan fingerprint density at radius 3 is 2.95 bits per heavy atom. The van der Waals surface area contributed by atoms with Crippen LogP contribution in [0.1, 0.15) is 30.5 Å². The highest BCUT2D eigenvalue weighted by Gasteiger charge is 2.41. The number of rotatable bonds is 4. The Labute approximate surface area is 122 Å². The predicted octanol–water partition coefficient (Wildman–Crippen LogP) is 1.32. The Morgan fingerprint density at radius 2 is 2.33 bits per heavy atom. The van der Waals surface area contributed by atoms with Gasteiger partial charge in [-0.2, -0.15) is 5.26 Å². The molecule has 2 rings (SSSR count). The molecule has 6 nitrogen and oxygen atoms in total. The summed E-state index contributed by atoms with van der Waals surface area (Å²) in [4.78, 5) is 25.0. The maximum Gasteiger partial charge on any atom is 0.335 e. The first kappa shape index (κ1) is 15.0. The van der Waals surface area contributed by atoms with Crippen LogP contribution < -0.4 is 0 Å². The fourth-order valence-electron chi connectivity index (χ4n) is 2.51. The van der Waals surface area contributed by atoms with E-state index in [1.807, 2.05) is 13.0 Å². The number of hydrogen-bond acceptors (Lipinski definition) is 4. The molecular weight excluding hydrogens is 272 g/mol. The van der Waals surface area contributed by atoms with Crippen LogP contribution in [0.3, 0.4) is 0 Å². The number of ether oxygens (including phenoxy) is 1. The molecule has 1 N–H and O–H groups in total. The number of carboxylic acids is 1. The van der Waals surface area contributed by atoms with Crippen LogP contribution in [0.15, 0.2) is 24.3 Å². The first-order valence-corrected chi connectivity index (χ1v) is 6.72. The number of morpholine rings is 1. The fourth-order valence-corrected chi connectivity index (χ4v) is 2.51. The lowest BCUT2D eigenvalue weighted by molar-refractivity contribution is -0.173. The number of hydrogen-bond donors (Lipinski definition) is 1. The van der Waals surface area contributed by atoms with Crippen molar-refractivity contribution in [1.82, 2.24) is 4.90 Å². The second-order valence-corrected chi connectivity index (χ2v) is 4.84. The summed E-state index contributed by atoms with van der Waals surface area (Å²) in [5, 5.41) is 18.3. The molecule has 0 aromatic heterocycles. The van der Waals surface area contributed by atoms with Crippen LogP contribution in [0.4, 0.5) is 0 Å². The molecule has 1 amide bonds. The van der Waals surface area contributed by atoms with Crippen LogP contribution in [0.5, 0.6) is 0 Å². The predicted molar refractivity (Wildman–Crippen MR) is 73.3 cm³/mol. The molecule has 1 aliphatic heterocycles. The largest absolute Gasteiger partial charge is 0.479 e. The number of carbonyl (C=O) groups excluding carboxylic acids is 1. The molecule has 1 saturated heterocycles. The molecule has 0 aliphatic carbocycles. The van der Waals surface area contributed by atoms with E-state index in [1.165, 1.54) is 4.90 Å². The Balaban J connectivity index is 2.46. The zero-order chi connectivity index (χ0) is 15.4. The Bertz CT molecular complexity index is 594. The number of carboxylic acid groups (broad SMARTS) is 1. The second kappa shape index (κ2) is 6.37. The Morgan fingerprint density at radius 1 is 1.57 bits per heavy atom. The third-order valence-corrected chi connectivity index (χ3v) is 3.39. The topological polar surface area (TPSA) is 90.6 Å². The van der Waals surface area contributed by atoms with E-state index in [4.69, 9.17) is 10.00 Å². The normalized spacial score (nSPS) is 21.9. The lowest BCUT2D eigenvalue weighted by Crippen LogP contribution is -2.52. The van der Waals surface area contributed by atoms with Crippen LogP contribution in [0.2, 0.25) is 0 Å². The van der Waals surface area contributed by atoms with E-state index in [1.54, 1.807) is 24.3 Å². The lowest BCUT2D eigenvalue weighted by atomic mass is 9.96. The molecule has 1 aromatic carbocycles. The van der Waals surface area contributed by atoms with Crippen LogP contribution in [-0.4, -0.2) is 41.1 Å². The van der Waals surface area contributed by atoms with Gasteiger partial charge in [-0.05, 0) is 24.1 Å². The van der Waals surface area contributed by atoms with Gasteiger partial charge in [-0.25, -0.2) is 4.79 Å². The van der Waals surface area contributed by atoms with Crippen LogP contribution in [0.25, 0.3) is 0 Å². The summed E-state index contributed by atoms with van der Waals surface area (Å²) in [6, 6.07) is 7.93. The molecule has 21 heavy (non-hydrogen) atoms. The number of nitrogens with zero attached hydrogens (tertiary/aromatic N) is 2. The number of nitriles is 1. The third-order valence-electron chi connectivity index (χ3n) is 3.39. The second-order valence-electron chi connectivity index (χ2n) is 4.84. The quantitative estimate of drug-likeness (QED) is 0.902. The number of carbonyl (C=O) groups is 2. The maximum atomic E-state index is 12.0. The van der Waals surface area contributed by atoms with Gasteiger partial charge in [0.15, 0.2) is 6.10 Å². The van der Waals surface area contributed by atoms with Gasteiger partial charge in [-0.3, -0.25) is 4.79 Å². The average molecular weight is 288 g/mol. The summed E-state index contributed by atoms with van der Waals surface area (Å²) in [7, 11) is 0. The maximum absolute atomic E-state index is 12.0. The van der Waals surface area contributed by atoms with Crippen molar-refractivity contribution in [2.45, 2.75) is 25.5 Å². The van der Waals surface area contributed by atoms with E-state index in [0.29, 0.717) is 24.1 Å². The molecule has 1 fully saturated rings. The van der Waals surface area contributed by atoms with Gasteiger partial charge < -0.3 is 14.7 Å². The average Bonchev–Trinajstić information content (AvgIpc) is 2.49. The number of amides is 1. The summed E-state index contributed by atoms with van der Waals surface area (Å²) in [6.07, 6.45) is -0.407. The summed E-state index contributed by atoms with van der Waals surface area (Å²) < 4.78 is 5.20. The summed E-state index contributed by atoms with van der Waals surface area (Å²) in [5.41, 5.74) is 1.02. The monoisotopic (exact) mass is 288 g/mol. The minimum atomic E-state index is -1.12. The van der Waals surface area contributed by atoms with Crippen molar-refractivity contribution in [2.24, 2.45) is 0 Å². The molecule has 0 spiro atoms. The minimum absolute atomic E-state index is 0.231. The Hall–Kier alpha value is -2.39. The van der Waals surface area contributed by atoms with Crippen molar-refractivity contribution in [3.8, 4) is 6.07 Å². The van der Waals surface area contributed by atoms with Crippen molar-refractivity contribution in [1.29, 1.82) is 5.26 Å². The van der Waals surface area contributed by atoms with Crippen molar-refractivity contribution in [3.63, 3.8) is 0 Å². The van der Waals surface area contributed by atoms with Crippen molar-refractivity contribution >= 4 is 11.9 Å².